The zero-order chi connectivity index (χ0) is 20.9. The second-order valence-electron chi connectivity index (χ2n) is 7.91. The van der Waals surface area contributed by atoms with Crippen LogP contribution in [0.5, 0.6) is 0 Å². The highest BCUT2D eigenvalue weighted by molar-refractivity contribution is 5.94. The summed E-state index contributed by atoms with van der Waals surface area (Å²) in [5.74, 6) is -0.0468. The highest BCUT2D eigenvalue weighted by Gasteiger charge is 2.26. The maximum Gasteiger partial charge on any atom is 0.261 e. The smallest absolute Gasteiger partial charge is 0.261 e. The Kier molecular flexibility index (Phi) is 6.07. The Morgan fingerprint density at radius 1 is 1.03 bits per heavy atom. The van der Waals surface area contributed by atoms with Crippen LogP contribution in [-0.4, -0.2) is 28.9 Å². The Morgan fingerprint density at radius 2 is 1.80 bits per heavy atom. The minimum Gasteiger partial charge on any atom is -0.338 e. The lowest BCUT2D eigenvalue weighted by Crippen LogP contribution is -2.42. The third-order valence-corrected chi connectivity index (χ3v) is 5.79. The predicted octanol–water partition coefficient (Wildman–Crippen LogP) is 4.67. The molecule has 0 unspecified atom stereocenters. The summed E-state index contributed by atoms with van der Waals surface area (Å²) >= 11 is 0. The van der Waals surface area contributed by atoms with Gasteiger partial charge in [0.05, 0.1) is 0 Å². The van der Waals surface area contributed by atoms with Crippen molar-refractivity contribution in [3.8, 4) is 11.3 Å². The SMILES string of the molecule is O=C(c1ccc(-c2ccccc2)[nH]c1=O)N1CCC[C@@H](CCc2ccc(F)cc2)C1. The summed E-state index contributed by atoms with van der Waals surface area (Å²) in [6.45, 7) is 1.33. The highest BCUT2D eigenvalue weighted by atomic mass is 19.1. The molecule has 0 spiro atoms. The largest absolute Gasteiger partial charge is 0.338 e. The molecule has 4 rings (SSSR count). The van der Waals surface area contributed by atoms with Crippen LogP contribution < -0.4 is 5.56 Å². The first-order chi connectivity index (χ1) is 14.6. The molecule has 1 aliphatic rings. The topological polar surface area (TPSA) is 53.2 Å². The van der Waals surface area contributed by atoms with Crippen LogP contribution >= 0.6 is 0 Å². The molecule has 1 N–H and O–H groups in total. The zero-order valence-electron chi connectivity index (χ0n) is 16.8. The van der Waals surface area contributed by atoms with Gasteiger partial charge < -0.3 is 9.88 Å². The summed E-state index contributed by atoms with van der Waals surface area (Å²) in [6, 6.07) is 19.6. The molecule has 1 saturated heterocycles. The lowest BCUT2D eigenvalue weighted by molar-refractivity contribution is 0.0666. The molecule has 5 heteroatoms. The maximum atomic E-state index is 13.1. The number of hydrogen-bond donors (Lipinski definition) is 1. The number of nitrogens with one attached hydrogen (secondary N) is 1. The lowest BCUT2D eigenvalue weighted by atomic mass is 9.91. The molecular weight excluding hydrogens is 379 g/mol. The van der Waals surface area contributed by atoms with Gasteiger partial charge in [-0.25, -0.2) is 4.39 Å². The minimum atomic E-state index is -0.352. The minimum absolute atomic E-state index is 0.189. The Hall–Kier alpha value is -3.21. The number of benzene rings is 2. The van der Waals surface area contributed by atoms with E-state index in [0.717, 1.165) is 36.8 Å². The van der Waals surface area contributed by atoms with Crippen molar-refractivity contribution < 1.29 is 9.18 Å². The first-order valence-corrected chi connectivity index (χ1v) is 10.4. The zero-order valence-corrected chi connectivity index (χ0v) is 16.8. The van der Waals surface area contributed by atoms with Crippen LogP contribution in [0.15, 0.2) is 71.5 Å². The number of aryl methyl sites for hydroxylation is 1. The number of hydrogen-bond acceptors (Lipinski definition) is 2. The summed E-state index contributed by atoms with van der Waals surface area (Å²) in [7, 11) is 0. The number of piperidine rings is 1. The molecule has 2 aromatic carbocycles. The van der Waals surface area contributed by atoms with Gasteiger partial charge in [0, 0.05) is 18.8 Å². The number of amides is 1. The molecule has 0 saturated carbocycles. The number of aromatic nitrogens is 1. The van der Waals surface area contributed by atoms with Crippen LogP contribution in [0.1, 0.15) is 35.2 Å². The van der Waals surface area contributed by atoms with Crippen LogP contribution in [0.2, 0.25) is 0 Å². The summed E-state index contributed by atoms with van der Waals surface area (Å²) in [5.41, 5.74) is 2.55. The van der Waals surface area contributed by atoms with Crippen LogP contribution in [0.3, 0.4) is 0 Å². The number of pyridine rings is 1. The van der Waals surface area contributed by atoms with Gasteiger partial charge in [0.1, 0.15) is 11.4 Å². The number of carbonyl (C=O) groups excluding carboxylic acids is 1. The van der Waals surface area contributed by atoms with E-state index in [9.17, 15) is 14.0 Å². The number of rotatable bonds is 5. The van der Waals surface area contributed by atoms with Crippen LogP contribution in [-0.2, 0) is 6.42 Å². The molecular formula is C25H25FN2O2. The molecule has 1 atom stereocenters. The van der Waals surface area contributed by atoms with Gasteiger partial charge in [-0.1, -0.05) is 42.5 Å². The van der Waals surface area contributed by atoms with Gasteiger partial charge in [-0.3, -0.25) is 9.59 Å². The number of aromatic amines is 1. The second kappa shape index (κ2) is 9.08. The number of likely N-dealkylation sites (tertiary alicyclic amines) is 1. The fourth-order valence-electron chi connectivity index (χ4n) is 4.11. The number of carbonyl (C=O) groups is 1. The van der Waals surface area contributed by atoms with Gasteiger partial charge in [-0.05, 0) is 67.0 Å². The number of H-pyrrole nitrogens is 1. The molecule has 2 heterocycles. The Balaban J connectivity index is 1.41. The Labute approximate surface area is 175 Å². The molecule has 30 heavy (non-hydrogen) atoms. The first kappa shape index (κ1) is 20.1. The predicted molar refractivity (Wildman–Crippen MR) is 116 cm³/mol. The Morgan fingerprint density at radius 3 is 2.53 bits per heavy atom. The van der Waals surface area contributed by atoms with E-state index in [1.807, 2.05) is 42.5 Å². The van der Waals surface area contributed by atoms with E-state index in [1.54, 1.807) is 17.0 Å². The summed E-state index contributed by atoms with van der Waals surface area (Å²) in [6.07, 6.45) is 3.80. The quantitative estimate of drug-likeness (QED) is 0.672. The summed E-state index contributed by atoms with van der Waals surface area (Å²) in [4.78, 5) is 30.2. The van der Waals surface area contributed by atoms with Crippen molar-refractivity contribution in [2.24, 2.45) is 5.92 Å². The van der Waals surface area contributed by atoms with Crippen LogP contribution in [0.4, 0.5) is 4.39 Å². The van der Waals surface area contributed by atoms with Crippen molar-refractivity contribution in [3.63, 3.8) is 0 Å². The molecule has 3 aromatic rings. The summed E-state index contributed by atoms with van der Waals surface area (Å²) in [5, 5.41) is 0. The second-order valence-corrected chi connectivity index (χ2v) is 7.91. The van der Waals surface area contributed by atoms with Crippen molar-refractivity contribution in [1.82, 2.24) is 9.88 Å². The average Bonchev–Trinajstić information content (AvgIpc) is 2.79. The monoisotopic (exact) mass is 404 g/mol. The number of halogens is 1. The van der Waals surface area contributed by atoms with Gasteiger partial charge in [-0.2, -0.15) is 0 Å². The van der Waals surface area contributed by atoms with E-state index < -0.39 is 0 Å². The van der Waals surface area contributed by atoms with Gasteiger partial charge in [-0.15, -0.1) is 0 Å². The van der Waals surface area contributed by atoms with Crippen molar-refractivity contribution in [1.29, 1.82) is 0 Å². The average molecular weight is 404 g/mol. The standard InChI is InChI=1S/C25H25FN2O2/c26-21-12-10-18(11-13-21)8-9-19-5-4-16-28(17-19)25(30)22-14-15-23(27-24(22)29)20-6-2-1-3-7-20/h1-3,6-7,10-15,19H,4-5,8-9,16-17H2,(H,27,29)/t19-/m0/s1. The maximum absolute atomic E-state index is 13.1. The molecule has 0 aliphatic carbocycles. The first-order valence-electron chi connectivity index (χ1n) is 10.4. The van der Waals surface area contributed by atoms with Gasteiger partial charge in [0.15, 0.2) is 0 Å². The van der Waals surface area contributed by atoms with E-state index in [-0.39, 0.29) is 22.8 Å². The van der Waals surface area contributed by atoms with E-state index in [2.05, 4.69) is 4.98 Å². The molecule has 0 radical (unpaired) electrons. The third-order valence-electron chi connectivity index (χ3n) is 5.79. The van der Waals surface area contributed by atoms with Gasteiger partial charge in [0.25, 0.3) is 11.5 Å². The highest BCUT2D eigenvalue weighted by Crippen LogP contribution is 2.23. The van der Waals surface area contributed by atoms with Crippen molar-refractivity contribution >= 4 is 5.91 Å². The fourth-order valence-corrected chi connectivity index (χ4v) is 4.11. The Bertz CT molecular complexity index is 1060. The van der Waals surface area contributed by atoms with Gasteiger partial charge in [0.2, 0.25) is 0 Å². The molecule has 1 aliphatic heterocycles. The molecule has 4 nitrogen and oxygen atoms in total. The summed E-state index contributed by atoms with van der Waals surface area (Å²) < 4.78 is 13.1. The van der Waals surface area contributed by atoms with Gasteiger partial charge >= 0.3 is 0 Å². The molecule has 1 amide bonds. The van der Waals surface area contributed by atoms with Crippen LogP contribution in [0.25, 0.3) is 11.3 Å². The normalized spacial score (nSPS) is 16.4. The molecule has 1 fully saturated rings. The van der Waals surface area contributed by atoms with E-state index in [1.165, 1.54) is 12.1 Å². The van der Waals surface area contributed by atoms with Crippen molar-refractivity contribution in [3.05, 3.63) is 94.0 Å². The van der Waals surface area contributed by atoms with E-state index in [0.29, 0.717) is 24.7 Å². The van der Waals surface area contributed by atoms with E-state index >= 15 is 0 Å². The van der Waals surface area contributed by atoms with Crippen molar-refractivity contribution in [2.45, 2.75) is 25.7 Å². The number of nitrogens with zero attached hydrogens (tertiary/aromatic N) is 1. The molecule has 154 valence electrons. The molecule has 1 aromatic heterocycles. The fraction of sp³-hybridized carbons (Fsp3) is 0.280. The van der Waals surface area contributed by atoms with Crippen molar-refractivity contribution in [2.75, 3.05) is 13.1 Å². The third kappa shape index (κ3) is 4.67. The van der Waals surface area contributed by atoms with E-state index in [4.69, 9.17) is 0 Å². The van der Waals surface area contributed by atoms with Crippen LogP contribution in [0, 0.1) is 11.7 Å². The molecule has 0 bridgehead atoms. The lowest BCUT2D eigenvalue weighted by Gasteiger charge is -2.32.